The van der Waals surface area contributed by atoms with Crippen LogP contribution >= 0.6 is 0 Å². The fourth-order valence-corrected chi connectivity index (χ4v) is 2.44. The predicted octanol–water partition coefficient (Wildman–Crippen LogP) is -0.303. The van der Waals surface area contributed by atoms with Crippen molar-refractivity contribution in [3.8, 4) is 0 Å². The predicted molar refractivity (Wildman–Crippen MR) is 43.0 cm³/mol. The van der Waals surface area contributed by atoms with Gasteiger partial charge in [-0.2, -0.15) is 0 Å². The molecule has 3 heteroatoms. The highest BCUT2D eigenvalue weighted by molar-refractivity contribution is 4.95. The topological polar surface area (TPSA) is 61.3 Å². The molecule has 0 saturated carbocycles. The maximum atomic E-state index is 5.72. The molecule has 0 aromatic rings. The molecule has 11 heavy (non-hydrogen) atoms. The van der Waals surface area contributed by atoms with Crippen LogP contribution in [0.4, 0.5) is 0 Å². The number of ether oxygens (including phenoxy) is 1. The van der Waals surface area contributed by atoms with Crippen molar-refractivity contribution >= 4 is 0 Å². The third kappa shape index (κ3) is 1.08. The zero-order valence-corrected chi connectivity index (χ0v) is 6.70. The molecule has 4 N–H and O–H groups in total. The van der Waals surface area contributed by atoms with Crippen molar-refractivity contribution in [2.24, 2.45) is 23.3 Å². The van der Waals surface area contributed by atoms with Crippen molar-refractivity contribution in [3.63, 3.8) is 0 Å². The Hall–Kier alpha value is -0.120. The highest BCUT2D eigenvalue weighted by Crippen LogP contribution is 2.41. The van der Waals surface area contributed by atoms with Gasteiger partial charge < -0.3 is 16.2 Å². The zero-order chi connectivity index (χ0) is 7.84. The summed E-state index contributed by atoms with van der Waals surface area (Å²) in [5.41, 5.74) is 11.2. The fraction of sp³-hybridized carbons (Fsp3) is 1.00. The van der Waals surface area contributed by atoms with Gasteiger partial charge in [-0.1, -0.05) is 0 Å². The molecule has 2 fully saturated rings. The standard InChI is InChI=1S/C8H16N2O/c9-3-5-1-7-2-6(4-10)8(5)11-7/h5-8H,1-4,9-10H2. The van der Waals surface area contributed by atoms with E-state index < -0.39 is 0 Å². The maximum absolute atomic E-state index is 5.72. The SMILES string of the molecule is NCC1CC2CC(CN)C1O2. The van der Waals surface area contributed by atoms with E-state index in [-0.39, 0.29) is 0 Å². The second-order valence-corrected chi connectivity index (χ2v) is 3.69. The van der Waals surface area contributed by atoms with Gasteiger partial charge in [0.1, 0.15) is 0 Å². The van der Waals surface area contributed by atoms with Crippen LogP contribution in [-0.4, -0.2) is 25.3 Å². The molecule has 2 aliphatic rings. The monoisotopic (exact) mass is 156 g/mol. The molecule has 0 radical (unpaired) electrons. The first-order valence-corrected chi connectivity index (χ1v) is 4.40. The van der Waals surface area contributed by atoms with Crippen molar-refractivity contribution in [3.05, 3.63) is 0 Å². The van der Waals surface area contributed by atoms with E-state index in [2.05, 4.69) is 0 Å². The Labute approximate surface area is 67.1 Å². The summed E-state index contributed by atoms with van der Waals surface area (Å²) in [6.45, 7) is 1.52. The third-order valence-electron chi connectivity index (χ3n) is 3.02. The first-order valence-electron chi connectivity index (χ1n) is 4.40. The molecule has 64 valence electrons. The number of fused-ring (bicyclic) bond motifs is 2. The molecule has 0 aromatic heterocycles. The van der Waals surface area contributed by atoms with E-state index in [4.69, 9.17) is 16.2 Å². The van der Waals surface area contributed by atoms with Gasteiger partial charge in [0.05, 0.1) is 12.2 Å². The number of hydrogen-bond acceptors (Lipinski definition) is 3. The summed E-state index contributed by atoms with van der Waals surface area (Å²) >= 11 is 0. The first kappa shape index (κ1) is 7.53. The molecule has 2 saturated heterocycles. The zero-order valence-electron chi connectivity index (χ0n) is 6.70. The molecule has 0 spiro atoms. The van der Waals surface area contributed by atoms with E-state index in [1.165, 1.54) is 0 Å². The fourth-order valence-electron chi connectivity index (χ4n) is 2.44. The molecule has 2 aliphatic heterocycles. The summed E-state index contributed by atoms with van der Waals surface area (Å²) in [4.78, 5) is 0. The molecule has 0 aromatic carbocycles. The minimum Gasteiger partial charge on any atom is -0.374 e. The summed E-state index contributed by atoms with van der Waals surface area (Å²) in [5.74, 6) is 1.17. The molecular formula is C8H16N2O. The van der Waals surface area contributed by atoms with Gasteiger partial charge in [0.2, 0.25) is 0 Å². The van der Waals surface area contributed by atoms with Crippen LogP contribution in [0.3, 0.4) is 0 Å². The lowest BCUT2D eigenvalue weighted by atomic mass is 9.81. The smallest absolute Gasteiger partial charge is 0.0661 e. The van der Waals surface area contributed by atoms with Gasteiger partial charge in [-0.15, -0.1) is 0 Å². The van der Waals surface area contributed by atoms with Crippen molar-refractivity contribution in [2.75, 3.05) is 13.1 Å². The average Bonchev–Trinajstić information content (AvgIpc) is 2.60. The lowest BCUT2D eigenvalue weighted by Gasteiger charge is -2.23. The highest BCUT2D eigenvalue weighted by Gasteiger charge is 2.45. The van der Waals surface area contributed by atoms with Crippen molar-refractivity contribution in [1.29, 1.82) is 0 Å². The van der Waals surface area contributed by atoms with Gasteiger partial charge in [0, 0.05) is 11.8 Å². The van der Waals surface area contributed by atoms with Gasteiger partial charge in [0.15, 0.2) is 0 Å². The van der Waals surface area contributed by atoms with E-state index in [1.807, 2.05) is 0 Å². The number of nitrogens with two attached hydrogens (primary N) is 2. The lowest BCUT2D eigenvalue weighted by molar-refractivity contribution is 0.0788. The quantitative estimate of drug-likeness (QED) is 0.577. The largest absolute Gasteiger partial charge is 0.374 e. The highest BCUT2D eigenvalue weighted by atomic mass is 16.5. The van der Waals surface area contributed by atoms with E-state index in [0.717, 1.165) is 25.9 Å². The number of hydrogen-bond donors (Lipinski definition) is 2. The lowest BCUT2D eigenvalue weighted by Crippen LogP contribution is -2.35. The Morgan fingerprint density at radius 2 is 1.64 bits per heavy atom. The van der Waals surface area contributed by atoms with E-state index in [0.29, 0.717) is 24.0 Å². The molecule has 0 aliphatic carbocycles. The van der Waals surface area contributed by atoms with Crippen LogP contribution in [0.15, 0.2) is 0 Å². The Morgan fingerprint density at radius 1 is 1.09 bits per heavy atom. The number of rotatable bonds is 2. The van der Waals surface area contributed by atoms with Crippen LogP contribution < -0.4 is 11.5 Å². The van der Waals surface area contributed by atoms with Gasteiger partial charge in [-0.25, -0.2) is 0 Å². The van der Waals surface area contributed by atoms with Crippen LogP contribution in [-0.2, 0) is 4.74 Å². The summed E-state index contributed by atoms with van der Waals surface area (Å²) in [7, 11) is 0. The molecule has 2 rings (SSSR count). The Morgan fingerprint density at radius 3 is 2.00 bits per heavy atom. The van der Waals surface area contributed by atoms with Crippen LogP contribution in [0.5, 0.6) is 0 Å². The normalized spacial score (nSPS) is 48.5. The minimum atomic E-state index is 0.384. The molecule has 2 atom stereocenters. The Balaban J connectivity index is 2.02. The molecule has 2 bridgehead atoms. The van der Waals surface area contributed by atoms with Crippen LogP contribution in [0.1, 0.15) is 12.8 Å². The van der Waals surface area contributed by atoms with Crippen molar-refractivity contribution in [1.82, 2.24) is 0 Å². The van der Waals surface area contributed by atoms with E-state index in [1.54, 1.807) is 0 Å². The molecule has 2 unspecified atom stereocenters. The Kier molecular flexibility index (Phi) is 1.87. The molecular weight excluding hydrogens is 140 g/mol. The summed E-state index contributed by atoms with van der Waals surface area (Å²) < 4.78 is 5.72. The molecule has 3 nitrogen and oxygen atoms in total. The first-order chi connectivity index (χ1) is 5.35. The molecule has 2 heterocycles. The second-order valence-electron chi connectivity index (χ2n) is 3.69. The third-order valence-corrected chi connectivity index (χ3v) is 3.02. The average molecular weight is 156 g/mol. The van der Waals surface area contributed by atoms with E-state index in [9.17, 15) is 0 Å². The van der Waals surface area contributed by atoms with Gasteiger partial charge in [-0.3, -0.25) is 0 Å². The van der Waals surface area contributed by atoms with Gasteiger partial charge in [-0.05, 0) is 25.9 Å². The van der Waals surface area contributed by atoms with Crippen molar-refractivity contribution < 1.29 is 4.74 Å². The summed E-state index contributed by atoms with van der Waals surface area (Å²) in [5, 5.41) is 0. The second kappa shape index (κ2) is 2.73. The van der Waals surface area contributed by atoms with Gasteiger partial charge >= 0.3 is 0 Å². The van der Waals surface area contributed by atoms with Crippen molar-refractivity contribution in [2.45, 2.75) is 25.0 Å². The van der Waals surface area contributed by atoms with Crippen LogP contribution in [0.2, 0.25) is 0 Å². The summed E-state index contributed by atoms with van der Waals surface area (Å²) in [6.07, 6.45) is 3.19. The van der Waals surface area contributed by atoms with Gasteiger partial charge in [0.25, 0.3) is 0 Å². The van der Waals surface area contributed by atoms with Crippen LogP contribution in [0.25, 0.3) is 0 Å². The maximum Gasteiger partial charge on any atom is 0.0661 e. The Bertz CT molecular complexity index is 137. The van der Waals surface area contributed by atoms with Crippen LogP contribution in [0, 0.1) is 11.8 Å². The summed E-state index contributed by atoms with van der Waals surface area (Å²) in [6, 6.07) is 0. The molecule has 0 amide bonds. The minimum absolute atomic E-state index is 0.384. The van der Waals surface area contributed by atoms with E-state index >= 15 is 0 Å².